The van der Waals surface area contributed by atoms with Crippen molar-refractivity contribution in [1.82, 2.24) is 0 Å². The van der Waals surface area contributed by atoms with Crippen LogP contribution in [0.25, 0.3) is 0 Å². The van der Waals surface area contributed by atoms with Gasteiger partial charge in [0.15, 0.2) is 0 Å². The third-order valence-electron chi connectivity index (χ3n) is 0.360. The maximum Gasteiger partial charge on any atom is 0.0992 e. The molecule has 0 unspecified atom stereocenters. The number of halogens is 1. The Morgan fingerprint density at radius 1 is 1.50 bits per heavy atom. The second-order valence-corrected chi connectivity index (χ2v) is 0.711. The largest absolute Gasteiger partial charge is 0.163 e. The molecule has 0 radical (unpaired) electrons. The summed E-state index contributed by atoms with van der Waals surface area (Å²) in [7, 11) is 0. The first kappa shape index (κ1) is 5.75. The van der Waals surface area contributed by atoms with E-state index in [0.29, 0.717) is 6.54 Å². The molecule has 1 rings (SSSR count). The van der Waals surface area contributed by atoms with Crippen molar-refractivity contribution >= 4 is 23.2 Å². The van der Waals surface area contributed by atoms with Crippen LogP contribution in [0.15, 0.2) is 15.4 Å². The highest BCUT2D eigenvalue weighted by Gasteiger charge is 1.75. The molecule has 0 saturated heterocycles. The van der Waals surface area contributed by atoms with Crippen molar-refractivity contribution in [3.05, 3.63) is 0 Å². The minimum absolute atomic E-state index is 0. The summed E-state index contributed by atoms with van der Waals surface area (Å²) in [6.45, 7) is 0.667. The molecule has 0 amide bonds. The van der Waals surface area contributed by atoms with E-state index in [1.807, 2.05) is 0 Å². The number of hydrogen-bond acceptors (Lipinski definition) is 3. The Morgan fingerprint density at radius 2 is 2.33 bits per heavy atom. The molecule has 1 heterocycles. The molecule has 0 N–H and O–H groups in total. The molecule has 34 valence electrons. The van der Waals surface area contributed by atoms with Gasteiger partial charge in [-0.05, 0) is 5.22 Å². The van der Waals surface area contributed by atoms with Gasteiger partial charge in [0.05, 0.1) is 12.8 Å². The molecule has 0 aromatic heterocycles. The van der Waals surface area contributed by atoms with Gasteiger partial charge in [-0.15, -0.1) is 22.1 Å². The molecule has 1 aliphatic heterocycles. The molecule has 0 aromatic rings. The first-order chi connectivity index (χ1) is 2.50. The highest BCUT2D eigenvalue weighted by Crippen LogP contribution is 1.80. The molecular weight excluding hydrogens is 146 g/mol. The van der Waals surface area contributed by atoms with Crippen LogP contribution in [0, 0.1) is 0 Å². The van der Waals surface area contributed by atoms with Crippen molar-refractivity contribution in [2.24, 2.45) is 15.4 Å². The van der Waals surface area contributed by atoms with Crippen molar-refractivity contribution in [2.45, 2.75) is 0 Å². The van der Waals surface area contributed by atoms with E-state index in [1.165, 1.54) is 0 Å². The van der Waals surface area contributed by atoms with Gasteiger partial charge in [0.25, 0.3) is 0 Å². The molecule has 3 nitrogen and oxygen atoms in total. The zero-order valence-electron chi connectivity index (χ0n) is 3.03. The van der Waals surface area contributed by atoms with Gasteiger partial charge in [-0.2, -0.15) is 5.11 Å². The van der Waals surface area contributed by atoms with E-state index in [9.17, 15) is 0 Å². The van der Waals surface area contributed by atoms with Crippen molar-refractivity contribution in [3.8, 4) is 0 Å². The van der Waals surface area contributed by atoms with E-state index in [4.69, 9.17) is 0 Å². The normalized spacial score (nSPS) is 14.7. The Balaban J connectivity index is 0.000000250. The highest BCUT2D eigenvalue weighted by atomic mass is 79.9. The van der Waals surface area contributed by atoms with Crippen LogP contribution in [0.5, 0.6) is 0 Å². The molecule has 0 saturated carbocycles. The Labute approximate surface area is 45.9 Å². The minimum atomic E-state index is 0. The van der Waals surface area contributed by atoms with E-state index < -0.39 is 0 Å². The lowest BCUT2D eigenvalue weighted by molar-refractivity contribution is 1.06. The van der Waals surface area contributed by atoms with Crippen LogP contribution in [0.1, 0.15) is 0 Å². The Hall–Kier alpha value is -0.250. The fourth-order valence-corrected chi connectivity index (χ4v) is 0.183. The quantitative estimate of drug-likeness (QED) is 0.494. The third kappa shape index (κ3) is 1.26. The van der Waals surface area contributed by atoms with Gasteiger partial charge in [-0.1, -0.05) is 0 Å². The number of rotatable bonds is 0. The van der Waals surface area contributed by atoms with Crippen molar-refractivity contribution < 1.29 is 0 Å². The summed E-state index contributed by atoms with van der Waals surface area (Å²) in [4.78, 5) is 0. The van der Waals surface area contributed by atoms with E-state index >= 15 is 0 Å². The number of hydrogen-bond donors (Lipinski definition) is 0. The van der Waals surface area contributed by atoms with E-state index in [1.54, 1.807) is 6.21 Å². The molecule has 4 heteroatoms. The third-order valence-corrected chi connectivity index (χ3v) is 0.360. The lowest BCUT2D eigenvalue weighted by Gasteiger charge is -1.52. The Bertz CT molecular complexity index is 66.9. The van der Waals surface area contributed by atoms with Crippen LogP contribution >= 0.6 is 17.0 Å². The van der Waals surface area contributed by atoms with E-state index in [0.717, 1.165) is 0 Å². The smallest absolute Gasteiger partial charge is 0.0992 e. The summed E-state index contributed by atoms with van der Waals surface area (Å²) in [5.41, 5.74) is 0. The average Bonchev–Trinajstić information content (AvgIpc) is 1.76. The maximum atomic E-state index is 3.49. The molecule has 1 aliphatic rings. The van der Waals surface area contributed by atoms with Crippen LogP contribution < -0.4 is 0 Å². The van der Waals surface area contributed by atoms with Crippen LogP contribution in [0.3, 0.4) is 0 Å². The molecule has 6 heavy (non-hydrogen) atoms. The van der Waals surface area contributed by atoms with Gasteiger partial charge in [-0.3, -0.25) is 0 Å². The van der Waals surface area contributed by atoms with Crippen molar-refractivity contribution in [2.75, 3.05) is 6.54 Å². The van der Waals surface area contributed by atoms with Crippen LogP contribution in [0.4, 0.5) is 0 Å². The van der Waals surface area contributed by atoms with Crippen LogP contribution in [0.2, 0.25) is 0 Å². The Morgan fingerprint density at radius 3 is 2.50 bits per heavy atom. The van der Waals surface area contributed by atoms with Gasteiger partial charge in [-0.25, -0.2) is 0 Å². The Kier molecular flexibility index (Phi) is 2.84. The highest BCUT2D eigenvalue weighted by molar-refractivity contribution is 8.93. The van der Waals surface area contributed by atoms with Crippen molar-refractivity contribution in [3.63, 3.8) is 0 Å². The second kappa shape index (κ2) is 2.96. The lowest BCUT2D eigenvalue weighted by atomic mass is 10.8. The summed E-state index contributed by atoms with van der Waals surface area (Å²) in [6.07, 6.45) is 1.65. The predicted molar refractivity (Wildman–Crippen MR) is 28.5 cm³/mol. The summed E-state index contributed by atoms with van der Waals surface area (Å²) < 4.78 is 0. The second-order valence-electron chi connectivity index (χ2n) is 0.711. The fourth-order valence-electron chi connectivity index (χ4n) is 0.183. The van der Waals surface area contributed by atoms with Crippen molar-refractivity contribution in [1.29, 1.82) is 0 Å². The average molecular weight is 150 g/mol. The number of nitrogens with zero attached hydrogens (tertiary/aromatic N) is 3. The van der Waals surface area contributed by atoms with Gasteiger partial charge in [0.2, 0.25) is 0 Å². The molecule has 0 aliphatic carbocycles. The minimum Gasteiger partial charge on any atom is -0.163 e. The zero-order chi connectivity index (χ0) is 3.54. The zero-order valence-corrected chi connectivity index (χ0v) is 4.75. The van der Waals surface area contributed by atoms with E-state index in [2.05, 4.69) is 15.4 Å². The van der Waals surface area contributed by atoms with Crippen LogP contribution in [-0.2, 0) is 0 Å². The molecule has 0 aromatic carbocycles. The standard InChI is InChI=1S/C2H3N3.BrH/c1-2-4-5-3-1;/h1H,2H2;1H. The molecule has 0 spiro atoms. The lowest BCUT2D eigenvalue weighted by Crippen LogP contribution is -1.65. The molecular formula is C2H4BrN3. The maximum absolute atomic E-state index is 3.49. The predicted octanol–water partition coefficient (Wildman–Crippen LogP) is 1.02. The van der Waals surface area contributed by atoms with Gasteiger partial charge in [0, 0.05) is 0 Å². The SMILES string of the molecule is Br.C1=NN=NC1. The first-order valence-corrected chi connectivity index (χ1v) is 1.38. The van der Waals surface area contributed by atoms with Crippen LogP contribution in [-0.4, -0.2) is 12.8 Å². The summed E-state index contributed by atoms with van der Waals surface area (Å²) in [6, 6.07) is 0. The van der Waals surface area contributed by atoms with Gasteiger partial charge in [0.1, 0.15) is 0 Å². The molecule has 0 fully saturated rings. The van der Waals surface area contributed by atoms with Gasteiger partial charge >= 0.3 is 0 Å². The topological polar surface area (TPSA) is 37.1 Å². The van der Waals surface area contributed by atoms with Gasteiger partial charge < -0.3 is 0 Å². The van der Waals surface area contributed by atoms with E-state index in [-0.39, 0.29) is 17.0 Å². The summed E-state index contributed by atoms with van der Waals surface area (Å²) in [5, 5.41) is 10.2. The molecule has 0 bridgehead atoms. The first-order valence-electron chi connectivity index (χ1n) is 1.38. The fraction of sp³-hybridized carbons (Fsp3) is 0.500. The summed E-state index contributed by atoms with van der Waals surface area (Å²) >= 11 is 0. The summed E-state index contributed by atoms with van der Waals surface area (Å²) in [5.74, 6) is 0. The molecule has 0 atom stereocenters. The monoisotopic (exact) mass is 149 g/mol.